The van der Waals surface area contributed by atoms with Gasteiger partial charge in [-0.15, -0.1) is 0 Å². The van der Waals surface area contributed by atoms with Crippen LogP contribution >= 0.6 is 0 Å². The second-order valence-corrected chi connectivity index (χ2v) is 7.79. The Kier molecular flexibility index (Phi) is 6.11. The number of carbonyl (C=O) groups is 2. The molecule has 24 heavy (non-hydrogen) atoms. The molecule has 1 aliphatic carbocycles. The molecule has 0 aromatic carbocycles. The van der Waals surface area contributed by atoms with Gasteiger partial charge in [0, 0.05) is 44.6 Å². The monoisotopic (exact) mass is 336 g/mol. The van der Waals surface area contributed by atoms with Crippen LogP contribution in [-0.4, -0.2) is 85.4 Å². The molecule has 2 amide bonds. The first-order chi connectivity index (χ1) is 11.6. The number of likely N-dealkylation sites (tertiary alicyclic amines) is 1. The molecule has 6 nitrogen and oxygen atoms in total. The standard InChI is InChI=1S/C18H32N4O2/c1-20-7-4-8-21(10-9-20)14-17(23)19-12-15-11-18(24)22(13-15)16-5-2-3-6-16/h15-16H,2-14H2,1H3,(H,19,23)/t15-/m1/s1. The van der Waals surface area contributed by atoms with E-state index < -0.39 is 0 Å². The van der Waals surface area contributed by atoms with Crippen molar-refractivity contribution in [1.82, 2.24) is 20.0 Å². The normalized spacial score (nSPS) is 27.6. The fraction of sp³-hybridized carbons (Fsp3) is 0.889. The second kappa shape index (κ2) is 8.30. The van der Waals surface area contributed by atoms with E-state index in [0.717, 1.165) is 52.0 Å². The molecule has 2 aliphatic heterocycles. The van der Waals surface area contributed by atoms with Crippen molar-refractivity contribution in [3.8, 4) is 0 Å². The van der Waals surface area contributed by atoms with E-state index in [2.05, 4.69) is 27.1 Å². The first kappa shape index (κ1) is 17.7. The zero-order chi connectivity index (χ0) is 16.9. The molecule has 3 fully saturated rings. The van der Waals surface area contributed by atoms with Gasteiger partial charge in [-0.05, 0) is 39.4 Å². The van der Waals surface area contributed by atoms with Crippen molar-refractivity contribution in [3.63, 3.8) is 0 Å². The zero-order valence-electron chi connectivity index (χ0n) is 15.0. The van der Waals surface area contributed by atoms with Crippen LogP contribution in [0.25, 0.3) is 0 Å². The highest BCUT2D eigenvalue weighted by Gasteiger charge is 2.35. The second-order valence-electron chi connectivity index (χ2n) is 7.79. The first-order valence-corrected chi connectivity index (χ1v) is 9.59. The number of nitrogens with zero attached hydrogens (tertiary/aromatic N) is 3. The highest BCUT2D eigenvalue weighted by Crippen LogP contribution is 2.29. The van der Waals surface area contributed by atoms with Crippen LogP contribution in [0.3, 0.4) is 0 Å². The lowest BCUT2D eigenvalue weighted by molar-refractivity contribution is -0.129. The molecule has 0 unspecified atom stereocenters. The predicted octanol–water partition coefficient (Wildman–Crippen LogP) is 0.531. The summed E-state index contributed by atoms with van der Waals surface area (Å²) in [5.41, 5.74) is 0. The van der Waals surface area contributed by atoms with Crippen LogP contribution in [0.4, 0.5) is 0 Å². The van der Waals surface area contributed by atoms with Crippen molar-refractivity contribution in [2.75, 3.05) is 52.9 Å². The van der Waals surface area contributed by atoms with E-state index in [1.54, 1.807) is 0 Å². The van der Waals surface area contributed by atoms with Crippen LogP contribution in [0, 0.1) is 5.92 Å². The lowest BCUT2D eigenvalue weighted by atomic mass is 10.1. The van der Waals surface area contributed by atoms with Crippen molar-refractivity contribution in [2.24, 2.45) is 5.92 Å². The molecular weight excluding hydrogens is 304 g/mol. The zero-order valence-corrected chi connectivity index (χ0v) is 15.0. The third kappa shape index (κ3) is 4.70. The van der Waals surface area contributed by atoms with Gasteiger partial charge in [-0.2, -0.15) is 0 Å². The molecule has 3 aliphatic rings. The Labute approximate surface area is 145 Å². The Morgan fingerprint density at radius 3 is 2.71 bits per heavy atom. The summed E-state index contributed by atoms with van der Waals surface area (Å²) in [6.45, 7) is 6.05. The Morgan fingerprint density at radius 1 is 1.12 bits per heavy atom. The highest BCUT2D eigenvalue weighted by molar-refractivity contribution is 5.80. The maximum absolute atomic E-state index is 12.2. The predicted molar refractivity (Wildman–Crippen MR) is 93.6 cm³/mol. The summed E-state index contributed by atoms with van der Waals surface area (Å²) in [5, 5.41) is 3.06. The number of rotatable bonds is 5. The summed E-state index contributed by atoms with van der Waals surface area (Å²) < 4.78 is 0. The lowest BCUT2D eigenvalue weighted by Crippen LogP contribution is -2.41. The molecule has 0 aromatic rings. The third-order valence-electron chi connectivity index (χ3n) is 5.77. The fourth-order valence-electron chi connectivity index (χ4n) is 4.29. The van der Waals surface area contributed by atoms with Gasteiger partial charge in [0.15, 0.2) is 0 Å². The lowest BCUT2D eigenvalue weighted by Gasteiger charge is -2.24. The van der Waals surface area contributed by atoms with Gasteiger partial charge in [0.2, 0.25) is 11.8 Å². The van der Waals surface area contributed by atoms with E-state index in [-0.39, 0.29) is 17.7 Å². The van der Waals surface area contributed by atoms with E-state index in [1.165, 1.54) is 12.8 Å². The summed E-state index contributed by atoms with van der Waals surface area (Å²) in [6.07, 6.45) is 6.55. The van der Waals surface area contributed by atoms with Gasteiger partial charge in [-0.1, -0.05) is 12.8 Å². The summed E-state index contributed by atoms with van der Waals surface area (Å²) in [7, 11) is 2.14. The summed E-state index contributed by atoms with van der Waals surface area (Å²) in [6, 6.07) is 0.465. The molecule has 136 valence electrons. The van der Waals surface area contributed by atoms with E-state index in [1.807, 2.05) is 0 Å². The van der Waals surface area contributed by atoms with Crippen LogP contribution in [0.15, 0.2) is 0 Å². The number of amides is 2. The van der Waals surface area contributed by atoms with Crippen LogP contribution in [0.5, 0.6) is 0 Å². The number of hydrogen-bond acceptors (Lipinski definition) is 4. The van der Waals surface area contributed by atoms with E-state index in [4.69, 9.17) is 0 Å². The summed E-state index contributed by atoms with van der Waals surface area (Å²) in [4.78, 5) is 31.1. The number of carbonyl (C=O) groups excluding carboxylic acids is 2. The molecule has 2 heterocycles. The minimum absolute atomic E-state index is 0.103. The molecule has 1 atom stereocenters. The molecule has 0 bridgehead atoms. The number of likely N-dealkylation sites (N-methyl/N-ethyl adjacent to an activating group) is 1. The minimum Gasteiger partial charge on any atom is -0.355 e. The Morgan fingerprint density at radius 2 is 1.92 bits per heavy atom. The molecule has 6 heteroatoms. The molecule has 3 rings (SSSR count). The smallest absolute Gasteiger partial charge is 0.234 e. The Bertz CT molecular complexity index is 450. The van der Waals surface area contributed by atoms with E-state index >= 15 is 0 Å². The Balaban J connectivity index is 1.38. The quantitative estimate of drug-likeness (QED) is 0.796. The average Bonchev–Trinajstić information content (AvgIpc) is 3.15. The van der Waals surface area contributed by atoms with E-state index in [9.17, 15) is 9.59 Å². The van der Waals surface area contributed by atoms with Gasteiger partial charge in [0.05, 0.1) is 6.54 Å². The largest absolute Gasteiger partial charge is 0.355 e. The molecule has 0 aromatic heterocycles. The molecular formula is C18H32N4O2. The number of hydrogen-bond donors (Lipinski definition) is 1. The SMILES string of the molecule is CN1CCCN(CC(=O)NC[C@H]2CC(=O)N(C3CCCC3)C2)CC1. The van der Waals surface area contributed by atoms with Gasteiger partial charge in [-0.3, -0.25) is 14.5 Å². The van der Waals surface area contributed by atoms with Gasteiger partial charge in [0.25, 0.3) is 0 Å². The van der Waals surface area contributed by atoms with Crippen LogP contribution in [0.2, 0.25) is 0 Å². The molecule has 2 saturated heterocycles. The molecule has 0 radical (unpaired) electrons. The maximum Gasteiger partial charge on any atom is 0.234 e. The van der Waals surface area contributed by atoms with Crippen LogP contribution in [-0.2, 0) is 9.59 Å². The topological polar surface area (TPSA) is 55.9 Å². The van der Waals surface area contributed by atoms with Gasteiger partial charge in [-0.25, -0.2) is 0 Å². The highest BCUT2D eigenvalue weighted by atomic mass is 16.2. The van der Waals surface area contributed by atoms with Crippen molar-refractivity contribution in [1.29, 1.82) is 0 Å². The van der Waals surface area contributed by atoms with Crippen molar-refractivity contribution < 1.29 is 9.59 Å². The van der Waals surface area contributed by atoms with Gasteiger partial charge < -0.3 is 15.1 Å². The van der Waals surface area contributed by atoms with Crippen LogP contribution in [0.1, 0.15) is 38.5 Å². The average molecular weight is 336 g/mol. The summed E-state index contributed by atoms with van der Waals surface area (Å²) in [5.74, 6) is 0.681. The van der Waals surface area contributed by atoms with Gasteiger partial charge >= 0.3 is 0 Å². The summed E-state index contributed by atoms with van der Waals surface area (Å²) >= 11 is 0. The minimum atomic E-state index is 0.103. The molecule has 0 spiro atoms. The van der Waals surface area contributed by atoms with Crippen molar-refractivity contribution >= 4 is 11.8 Å². The fourth-order valence-corrected chi connectivity index (χ4v) is 4.29. The molecule has 1 N–H and O–H groups in total. The maximum atomic E-state index is 12.2. The molecule has 1 saturated carbocycles. The van der Waals surface area contributed by atoms with Gasteiger partial charge in [0.1, 0.15) is 0 Å². The third-order valence-corrected chi connectivity index (χ3v) is 5.77. The van der Waals surface area contributed by atoms with Crippen LogP contribution < -0.4 is 5.32 Å². The number of nitrogens with one attached hydrogen (secondary N) is 1. The van der Waals surface area contributed by atoms with Crippen molar-refractivity contribution in [2.45, 2.75) is 44.6 Å². The first-order valence-electron chi connectivity index (χ1n) is 9.59. The van der Waals surface area contributed by atoms with E-state index in [0.29, 0.717) is 25.6 Å². The van der Waals surface area contributed by atoms with Crippen molar-refractivity contribution in [3.05, 3.63) is 0 Å². The Hall–Kier alpha value is -1.14.